The van der Waals surface area contributed by atoms with Crippen LogP contribution < -0.4 is 0 Å². The summed E-state index contributed by atoms with van der Waals surface area (Å²) < 4.78 is 27.2. The van der Waals surface area contributed by atoms with Gasteiger partial charge in [0.05, 0.1) is 6.61 Å². The van der Waals surface area contributed by atoms with Crippen LogP contribution in [0.3, 0.4) is 0 Å². The van der Waals surface area contributed by atoms with E-state index in [1.165, 1.54) is 12.1 Å². The molecule has 5 heteroatoms. The number of rotatable bonds is 4. The summed E-state index contributed by atoms with van der Waals surface area (Å²) in [5.41, 5.74) is 0. The largest absolute Gasteiger partial charge is 0.306 e. The highest BCUT2D eigenvalue weighted by molar-refractivity contribution is 7.89. The first-order chi connectivity index (χ1) is 5.67. The molecule has 0 unspecified atom stereocenters. The van der Waals surface area contributed by atoms with E-state index in [1.54, 1.807) is 11.4 Å². The molecule has 0 saturated carbocycles. The van der Waals surface area contributed by atoms with Crippen LogP contribution in [-0.2, 0) is 14.3 Å². The molecular weight excluding hydrogens is 196 g/mol. The molecule has 1 rings (SSSR count). The van der Waals surface area contributed by atoms with E-state index in [4.69, 9.17) is 0 Å². The third kappa shape index (κ3) is 2.17. The van der Waals surface area contributed by atoms with Crippen LogP contribution in [0.2, 0.25) is 0 Å². The standard InChI is InChI=1S/C7H8O3S2/c1-2-5-10-12(8,9)7-4-3-6-11-7/h2-4,6H,1,5H2. The van der Waals surface area contributed by atoms with Crippen LogP contribution in [0.25, 0.3) is 0 Å². The maximum Gasteiger partial charge on any atom is 0.306 e. The Labute approximate surface area is 75.4 Å². The lowest BCUT2D eigenvalue weighted by Gasteiger charge is -1.98. The third-order valence-electron chi connectivity index (χ3n) is 1.08. The van der Waals surface area contributed by atoms with Gasteiger partial charge in [0.25, 0.3) is 0 Å². The van der Waals surface area contributed by atoms with E-state index in [1.807, 2.05) is 0 Å². The molecule has 1 aromatic heterocycles. The molecule has 0 amide bonds. The minimum absolute atomic E-state index is 0.0141. The molecule has 66 valence electrons. The Hall–Kier alpha value is -0.650. The number of hydrogen-bond donors (Lipinski definition) is 0. The van der Waals surface area contributed by atoms with Crippen LogP contribution in [0.4, 0.5) is 0 Å². The molecule has 0 atom stereocenters. The molecule has 0 radical (unpaired) electrons. The van der Waals surface area contributed by atoms with Gasteiger partial charge in [0.2, 0.25) is 0 Å². The fourth-order valence-electron chi connectivity index (χ4n) is 0.602. The molecule has 0 saturated heterocycles. The van der Waals surface area contributed by atoms with Gasteiger partial charge in [-0.1, -0.05) is 12.1 Å². The lowest BCUT2D eigenvalue weighted by atomic mass is 10.7. The SMILES string of the molecule is C=CCOS(=O)(=O)c1cccs1. The van der Waals surface area contributed by atoms with Crippen molar-refractivity contribution >= 4 is 21.5 Å². The summed E-state index contributed by atoms with van der Waals surface area (Å²) in [6.07, 6.45) is 1.39. The van der Waals surface area contributed by atoms with Gasteiger partial charge >= 0.3 is 10.1 Å². The first-order valence-corrected chi connectivity index (χ1v) is 5.49. The van der Waals surface area contributed by atoms with Gasteiger partial charge in [0.1, 0.15) is 4.21 Å². The zero-order valence-electron chi connectivity index (χ0n) is 6.26. The summed E-state index contributed by atoms with van der Waals surface area (Å²) in [6, 6.07) is 3.16. The van der Waals surface area contributed by atoms with E-state index >= 15 is 0 Å². The summed E-state index contributed by atoms with van der Waals surface area (Å²) in [4.78, 5) is 0. The first-order valence-electron chi connectivity index (χ1n) is 3.20. The Morgan fingerprint density at radius 3 is 2.92 bits per heavy atom. The van der Waals surface area contributed by atoms with Crippen LogP contribution in [0.1, 0.15) is 0 Å². The predicted octanol–water partition coefficient (Wildman–Crippen LogP) is 1.64. The van der Waals surface area contributed by atoms with Gasteiger partial charge < -0.3 is 0 Å². The molecule has 0 aliphatic carbocycles. The average Bonchev–Trinajstić information content (AvgIpc) is 2.53. The van der Waals surface area contributed by atoms with Crippen molar-refractivity contribution in [2.24, 2.45) is 0 Å². The van der Waals surface area contributed by atoms with Gasteiger partial charge in [-0.3, -0.25) is 4.18 Å². The number of hydrogen-bond acceptors (Lipinski definition) is 4. The van der Waals surface area contributed by atoms with Crippen LogP contribution in [-0.4, -0.2) is 15.0 Å². The molecule has 1 aromatic rings. The summed E-state index contributed by atoms with van der Waals surface area (Å²) >= 11 is 1.13. The Kier molecular flexibility index (Phi) is 3.02. The molecule has 0 aliphatic rings. The average molecular weight is 204 g/mol. The van der Waals surface area contributed by atoms with Gasteiger partial charge in [-0.05, 0) is 11.4 Å². The van der Waals surface area contributed by atoms with Gasteiger partial charge in [-0.15, -0.1) is 17.9 Å². The smallest absolute Gasteiger partial charge is 0.262 e. The molecule has 1 heterocycles. The molecule has 0 N–H and O–H groups in total. The van der Waals surface area contributed by atoms with Crippen LogP contribution in [0, 0.1) is 0 Å². The van der Waals surface area contributed by atoms with Crippen molar-refractivity contribution in [3.05, 3.63) is 30.2 Å². The fourth-order valence-corrected chi connectivity index (χ4v) is 2.47. The quantitative estimate of drug-likeness (QED) is 0.553. The van der Waals surface area contributed by atoms with Crippen molar-refractivity contribution in [1.82, 2.24) is 0 Å². The second-order valence-corrected chi connectivity index (χ2v) is 4.75. The van der Waals surface area contributed by atoms with Gasteiger partial charge in [-0.2, -0.15) is 8.42 Å². The van der Waals surface area contributed by atoms with Crippen molar-refractivity contribution in [2.45, 2.75) is 4.21 Å². The lowest BCUT2D eigenvalue weighted by Crippen LogP contribution is -2.03. The highest BCUT2D eigenvalue weighted by Crippen LogP contribution is 2.17. The topological polar surface area (TPSA) is 43.4 Å². The summed E-state index contributed by atoms with van der Waals surface area (Å²) in [7, 11) is -3.53. The van der Waals surface area contributed by atoms with Crippen LogP contribution >= 0.6 is 11.3 Å². The third-order valence-corrected chi connectivity index (χ3v) is 3.72. The highest BCUT2D eigenvalue weighted by atomic mass is 32.3. The van der Waals surface area contributed by atoms with E-state index < -0.39 is 10.1 Å². The number of thiophene rings is 1. The Balaban J connectivity index is 2.80. The minimum Gasteiger partial charge on any atom is -0.262 e. The minimum atomic E-state index is -3.53. The zero-order valence-corrected chi connectivity index (χ0v) is 7.90. The van der Waals surface area contributed by atoms with Gasteiger partial charge in [-0.25, -0.2) is 0 Å². The van der Waals surface area contributed by atoms with E-state index in [9.17, 15) is 8.42 Å². The molecule has 0 spiro atoms. The molecule has 12 heavy (non-hydrogen) atoms. The lowest BCUT2D eigenvalue weighted by molar-refractivity contribution is 0.359. The van der Waals surface area contributed by atoms with Crippen molar-refractivity contribution < 1.29 is 12.6 Å². The van der Waals surface area contributed by atoms with Gasteiger partial charge in [0.15, 0.2) is 0 Å². The van der Waals surface area contributed by atoms with Crippen LogP contribution in [0.15, 0.2) is 34.4 Å². The van der Waals surface area contributed by atoms with Crippen LogP contribution in [0.5, 0.6) is 0 Å². The van der Waals surface area contributed by atoms with E-state index in [0.717, 1.165) is 11.3 Å². The maximum absolute atomic E-state index is 11.2. The van der Waals surface area contributed by atoms with Crippen molar-refractivity contribution in [2.75, 3.05) is 6.61 Å². The predicted molar refractivity (Wildman–Crippen MR) is 47.7 cm³/mol. The Bertz CT molecular complexity index is 337. The van der Waals surface area contributed by atoms with Crippen molar-refractivity contribution in [3.8, 4) is 0 Å². The first kappa shape index (κ1) is 9.44. The molecule has 3 nitrogen and oxygen atoms in total. The maximum atomic E-state index is 11.2. The second kappa shape index (κ2) is 3.84. The zero-order chi connectivity index (χ0) is 9.03. The van der Waals surface area contributed by atoms with E-state index in [0.29, 0.717) is 0 Å². The van der Waals surface area contributed by atoms with E-state index in [2.05, 4.69) is 10.8 Å². The summed E-state index contributed by atoms with van der Waals surface area (Å²) in [6.45, 7) is 3.37. The molecule has 0 aromatic carbocycles. The monoisotopic (exact) mass is 204 g/mol. The summed E-state index contributed by atoms with van der Waals surface area (Å²) in [5.74, 6) is 0. The molecule has 0 aliphatic heterocycles. The fraction of sp³-hybridized carbons (Fsp3) is 0.143. The Morgan fingerprint density at radius 1 is 1.67 bits per heavy atom. The van der Waals surface area contributed by atoms with Gasteiger partial charge in [0, 0.05) is 0 Å². The van der Waals surface area contributed by atoms with Crippen molar-refractivity contribution in [1.29, 1.82) is 0 Å². The Morgan fingerprint density at radius 2 is 2.42 bits per heavy atom. The second-order valence-electron chi connectivity index (χ2n) is 1.96. The highest BCUT2D eigenvalue weighted by Gasteiger charge is 2.14. The molecular formula is C7H8O3S2. The van der Waals surface area contributed by atoms with Crippen molar-refractivity contribution in [3.63, 3.8) is 0 Å². The van der Waals surface area contributed by atoms with E-state index in [-0.39, 0.29) is 10.8 Å². The molecule has 0 bridgehead atoms. The summed E-state index contributed by atoms with van der Waals surface area (Å²) in [5, 5.41) is 1.68. The molecule has 0 fully saturated rings. The normalized spacial score (nSPS) is 11.3.